The normalized spacial score (nSPS) is 12.0. The fraction of sp³-hybridized carbons (Fsp3) is 0.327. The number of primary amides is 1. The third kappa shape index (κ3) is 13.4. The van der Waals surface area contributed by atoms with Gasteiger partial charge in [-0.25, -0.2) is 4.79 Å². The van der Waals surface area contributed by atoms with Crippen LogP contribution in [-0.2, 0) is 45.1 Å². The monoisotopic (exact) mass is 855 g/mol. The van der Waals surface area contributed by atoms with E-state index in [0.29, 0.717) is 30.4 Å². The SMILES string of the molecule is CCOC(CN(Cc1cccc2ncccc12)C(=O)[C@H](Cc1ccc(OC(C)(C)C)cc1)NC(=O)CN(Cc1cc(-c2ccccc2)no1)N(Cc1ccccc1)C(N)=O)OCC. The largest absolute Gasteiger partial charge is 0.488 e. The van der Waals surface area contributed by atoms with E-state index in [0.717, 1.165) is 33.2 Å². The number of aromatic nitrogens is 2. The Morgan fingerprint density at radius 2 is 1.49 bits per heavy atom. The third-order valence-electron chi connectivity index (χ3n) is 9.97. The predicted molar refractivity (Wildman–Crippen MR) is 241 cm³/mol. The van der Waals surface area contributed by atoms with Crippen molar-refractivity contribution in [2.45, 2.75) is 78.6 Å². The first-order valence-electron chi connectivity index (χ1n) is 21.2. The molecule has 14 nitrogen and oxygen atoms in total. The van der Waals surface area contributed by atoms with Crippen molar-refractivity contribution in [1.82, 2.24) is 30.4 Å². The number of nitrogens with one attached hydrogen (secondary N) is 1. The fourth-order valence-corrected chi connectivity index (χ4v) is 7.17. The lowest BCUT2D eigenvalue weighted by molar-refractivity contribution is -0.161. The fourth-order valence-electron chi connectivity index (χ4n) is 7.17. The molecule has 4 amide bonds. The molecule has 0 aliphatic heterocycles. The lowest BCUT2D eigenvalue weighted by Gasteiger charge is -2.34. The van der Waals surface area contributed by atoms with Gasteiger partial charge in [-0.1, -0.05) is 96.2 Å². The van der Waals surface area contributed by atoms with Gasteiger partial charge in [0.1, 0.15) is 23.1 Å². The summed E-state index contributed by atoms with van der Waals surface area (Å²) in [7, 11) is 0. The molecule has 14 heteroatoms. The van der Waals surface area contributed by atoms with Gasteiger partial charge in [0, 0.05) is 49.4 Å². The van der Waals surface area contributed by atoms with E-state index < -0.39 is 29.9 Å². The molecule has 0 spiro atoms. The molecule has 0 saturated heterocycles. The Labute approximate surface area is 368 Å². The molecule has 2 aromatic heterocycles. The molecule has 0 radical (unpaired) electrons. The number of ether oxygens (including phenoxy) is 3. The van der Waals surface area contributed by atoms with Crippen LogP contribution in [0.25, 0.3) is 22.2 Å². The molecule has 6 rings (SSSR count). The maximum atomic E-state index is 15.2. The van der Waals surface area contributed by atoms with Crippen LogP contribution in [0.15, 0.2) is 132 Å². The number of amides is 4. The van der Waals surface area contributed by atoms with E-state index in [1.54, 1.807) is 17.2 Å². The predicted octanol–water partition coefficient (Wildman–Crippen LogP) is 7.52. The van der Waals surface area contributed by atoms with Crippen LogP contribution in [0, 0.1) is 0 Å². The number of hydrogen-bond acceptors (Lipinski definition) is 10. The van der Waals surface area contributed by atoms with E-state index in [4.69, 9.17) is 24.5 Å². The molecule has 2 heterocycles. The molecule has 0 aliphatic carbocycles. The van der Waals surface area contributed by atoms with E-state index in [9.17, 15) is 9.59 Å². The number of hydrogen-bond donors (Lipinski definition) is 2. The van der Waals surface area contributed by atoms with Crippen LogP contribution in [0.5, 0.6) is 5.75 Å². The van der Waals surface area contributed by atoms with E-state index >= 15 is 4.79 Å². The lowest BCUT2D eigenvalue weighted by Crippen LogP contribution is -2.55. The number of pyridine rings is 1. The van der Waals surface area contributed by atoms with Gasteiger partial charge < -0.3 is 34.7 Å². The van der Waals surface area contributed by atoms with Crippen molar-refractivity contribution in [3.8, 4) is 17.0 Å². The molecular formula is C49H57N7O7. The van der Waals surface area contributed by atoms with Crippen molar-refractivity contribution in [1.29, 1.82) is 0 Å². The minimum atomic E-state index is -1.07. The Kier molecular flexibility index (Phi) is 16.0. The highest BCUT2D eigenvalue weighted by Gasteiger charge is 2.31. The number of hydrazine groups is 1. The van der Waals surface area contributed by atoms with Crippen LogP contribution in [-0.4, -0.2) is 87.1 Å². The summed E-state index contributed by atoms with van der Waals surface area (Å²) in [5, 5.41) is 11.0. The Morgan fingerprint density at radius 1 is 0.794 bits per heavy atom. The van der Waals surface area contributed by atoms with Crippen molar-refractivity contribution < 1.29 is 33.1 Å². The first-order chi connectivity index (χ1) is 30.4. The van der Waals surface area contributed by atoms with E-state index in [1.807, 2.05) is 150 Å². The van der Waals surface area contributed by atoms with Crippen LogP contribution >= 0.6 is 0 Å². The molecule has 0 aliphatic rings. The number of nitrogens with two attached hydrogens (primary N) is 1. The Bertz CT molecular complexity index is 2380. The van der Waals surface area contributed by atoms with Gasteiger partial charge >= 0.3 is 6.03 Å². The van der Waals surface area contributed by atoms with Gasteiger partial charge in [0.05, 0.1) is 31.7 Å². The highest BCUT2D eigenvalue weighted by atomic mass is 16.7. The van der Waals surface area contributed by atoms with Crippen molar-refractivity contribution in [2.24, 2.45) is 5.73 Å². The molecule has 0 unspecified atom stereocenters. The summed E-state index contributed by atoms with van der Waals surface area (Å²) < 4.78 is 23.7. The number of carbonyl (C=O) groups excluding carboxylic acids is 3. The zero-order chi connectivity index (χ0) is 44.8. The summed E-state index contributed by atoms with van der Waals surface area (Å²) in [5.74, 6) is 0.154. The average molecular weight is 856 g/mol. The van der Waals surface area contributed by atoms with E-state index in [-0.39, 0.29) is 45.1 Å². The minimum Gasteiger partial charge on any atom is -0.488 e. The van der Waals surface area contributed by atoms with Crippen molar-refractivity contribution in [3.05, 3.63) is 150 Å². The smallest absolute Gasteiger partial charge is 0.329 e. The molecule has 1 atom stereocenters. The van der Waals surface area contributed by atoms with Crippen molar-refractivity contribution >= 4 is 28.7 Å². The first kappa shape index (κ1) is 45.9. The quantitative estimate of drug-likeness (QED) is 0.0547. The van der Waals surface area contributed by atoms with E-state index in [2.05, 4.69) is 15.5 Å². The second-order valence-electron chi connectivity index (χ2n) is 16.0. The summed E-state index contributed by atoms with van der Waals surface area (Å²) in [6.45, 7) is 10.3. The standard InChI is InChI=1S/C49H57N7O7/c1-6-60-46(61-7-2)34-54(31-38-20-14-22-42-41(38)21-15-27-51-42)47(58)44(28-35-23-25-39(26-24-35)62-49(3,4)5)52-45(57)33-55(56(48(50)59)30-36-16-10-8-11-17-36)32-40-29-43(53-63-40)37-18-12-9-13-19-37/h8-27,29,44,46H,6-7,28,30-34H2,1-5H3,(H2,50,59)(H,52,57)/t44-/m0/s1. The molecule has 6 aromatic rings. The van der Waals surface area contributed by atoms with Gasteiger partial charge in [-0.15, -0.1) is 0 Å². The van der Waals surface area contributed by atoms with Gasteiger partial charge in [-0.2, -0.15) is 5.01 Å². The minimum absolute atomic E-state index is 0.0392. The molecule has 63 heavy (non-hydrogen) atoms. The molecule has 4 aromatic carbocycles. The Hall–Kier alpha value is -6.61. The molecule has 0 saturated carbocycles. The maximum Gasteiger partial charge on any atom is 0.329 e. The molecule has 3 N–H and O–H groups in total. The average Bonchev–Trinajstić information content (AvgIpc) is 3.74. The van der Waals surface area contributed by atoms with Crippen molar-refractivity contribution in [3.63, 3.8) is 0 Å². The Morgan fingerprint density at radius 3 is 2.16 bits per heavy atom. The van der Waals surface area contributed by atoms with Gasteiger partial charge in [0.25, 0.3) is 0 Å². The summed E-state index contributed by atoms with van der Waals surface area (Å²) in [6, 6.07) is 35.8. The maximum absolute atomic E-state index is 15.2. The number of carbonyl (C=O) groups is 3. The van der Waals surface area contributed by atoms with Crippen LogP contribution in [0.2, 0.25) is 0 Å². The summed E-state index contributed by atoms with van der Waals surface area (Å²) in [5.41, 5.74) is 10.3. The highest BCUT2D eigenvalue weighted by molar-refractivity contribution is 5.89. The number of urea groups is 1. The number of rotatable bonds is 21. The summed E-state index contributed by atoms with van der Waals surface area (Å²) in [4.78, 5) is 49.1. The zero-order valence-corrected chi connectivity index (χ0v) is 36.6. The number of benzene rings is 4. The van der Waals surface area contributed by atoms with Gasteiger partial charge in [-0.05, 0) is 75.6 Å². The topological polar surface area (TPSA) is 166 Å². The first-order valence-corrected chi connectivity index (χ1v) is 21.2. The molecule has 0 bridgehead atoms. The Balaban J connectivity index is 1.34. The second-order valence-corrected chi connectivity index (χ2v) is 16.0. The summed E-state index contributed by atoms with van der Waals surface area (Å²) in [6.07, 6.45) is 1.13. The second kappa shape index (κ2) is 22.0. The van der Waals surface area contributed by atoms with Crippen LogP contribution < -0.4 is 15.8 Å². The number of nitrogens with zero attached hydrogens (tertiary/aromatic N) is 5. The third-order valence-corrected chi connectivity index (χ3v) is 9.97. The van der Waals surface area contributed by atoms with Gasteiger partial charge in [-0.3, -0.25) is 19.6 Å². The van der Waals surface area contributed by atoms with Crippen LogP contribution in [0.1, 0.15) is 57.1 Å². The van der Waals surface area contributed by atoms with Gasteiger partial charge in [0.2, 0.25) is 11.8 Å². The highest BCUT2D eigenvalue weighted by Crippen LogP contribution is 2.24. The van der Waals surface area contributed by atoms with E-state index in [1.165, 1.54) is 10.0 Å². The molecule has 330 valence electrons. The molecule has 0 fully saturated rings. The van der Waals surface area contributed by atoms with Crippen LogP contribution in [0.4, 0.5) is 4.79 Å². The summed E-state index contributed by atoms with van der Waals surface area (Å²) >= 11 is 0. The van der Waals surface area contributed by atoms with Crippen LogP contribution in [0.3, 0.4) is 0 Å². The van der Waals surface area contributed by atoms with Gasteiger partial charge in [0.15, 0.2) is 12.1 Å². The zero-order valence-electron chi connectivity index (χ0n) is 36.6. The van der Waals surface area contributed by atoms with Crippen molar-refractivity contribution in [2.75, 3.05) is 26.3 Å². The molecular weight excluding hydrogens is 799 g/mol. The number of fused-ring (bicyclic) bond motifs is 1. The lowest BCUT2D eigenvalue weighted by atomic mass is 10.0.